The zero-order chi connectivity index (χ0) is 13.5. The standard InChI is InChI=1S/C13H15N3O2S/c14-6-5-9-1-3-10(4-2-9)19(17,18)16-13-11-7-15-8-12(11)13/h1-4,11-13,15-16H,5,7-8H2. The van der Waals surface area contributed by atoms with E-state index in [9.17, 15) is 8.42 Å². The molecule has 1 aliphatic carbocycles. The lowest BCUT2D eigenvalue weighted by Crippen LogP contribution is -2.32. The van der Waals surface area contributed by atoms with Gasteiger partial charge in [-0.3, -0.25) is 0 Å². The summed E-state index contributed by atoms with van der Waals surface area (Å²) >= 11 is 0. The minimum absolute atomic E-state index is 0.0880. The van der Waals surface area contributed by atoms with E-state index in [1.54, 1.807) is 24.3 Å². The van der Waals surface area contributed by atoms with Gasteiger partial charge in [0.25, 0.3) is 0 Å². The molecule has 0 radical (unpaired) electrons. The van der Waals surface area contributed by atoms with Crippen molar-refractivity contribution >= 4 is 10.0 Å². The van der Waals surface area contributed by atoms with Gasteiger partial charge < -0.3 is 5.32 Å². The molecule has 0 aromatic heterocycles. The smallest absolute Gasteiger partial charge is 0.240 e. The van der Waals surface area contributed by atoms with Crippen LogP contribution in [-0.2, 0) is 16.4 Å². The van der Waals surface area contributed by atoms with Crippen molar-refractivity contribution in [1.29, 1.82) is 5.26 Å². The molecular weight excluding hydrogens is 262 g/mol. The number of piperidine rings is 1. The summed E-state index contributed by atoms with van der Waals surface area (Å²) in [6.45, 7) is 1.80. The molecule has 2 atom stereocenters. The van der Waals surface area contributed by atoms with Crippen molar-refractivity contribution in [2.24, 2.45) is 11.8 Å². The highest BCUT2D eigenvalue weighted by Crippen LogP contribution is 2.42. The maximum atomic E-state index is 12.2. The SMILES string of the molecule is N#CCc1ccc(S(=O)(=O)NC2C3CNCC32)cc1. The second kappa shape index (κ2) is 4.60. The van der Waals surface area contributed by atoms with Crippen LogP contribution in [-0.4, -0.2) is 27.5 Å². The predicted octanol–water partition coefficient (Wildman–Crippen LogP) is 0.249. The Kier molecular flexibility index (Phi) is 3.05. The molecule has 3 rings (SSSR count). The first-order chi connectivity index (χ1) is 9.12. The van der Waals surface area contributed by atoms with E-state index in [1.807, 2.05) is 6.07 Å². The van der Waals surface area contributed by atoms with Crippen LogP contribution >= 0.6 is 0 Å². The first-order valence-corrected chi connectivity index (χ1v) is 7.79. The first-order valence-electron chi connectivity index (χ1n) is 6.31. The van der Waals surface area contributed by atoms with E-state index in [0.29, 0.717) is 18.3 Å². The number of hydrogen-bond acceptors (Lipinski definition) is 4. The molecule has 2 unspecified atom stereocenters. The van der Waals surface area contributed by atoms with Gasteiger partial charge in [-0.1, -0.05) is 12.1 Å². The number of nitrogens with zero attached hydrogens (tertiary/aromatic N) is 1. The summed E-state index contributed by atoms with van der Waals surface area (Å²) in [7, 11) is -3.43. The Morgan fingerprint density at radius 3 is 2.47 bits per heavy atom. The Hall–Kier alpha value is -1.42. The fraction of sp³-hybridized carbons (Fsp3) is 0.462. The van der Waals surface area contributed by atoms with E-state index in [1.165, 1.54) is 0 Å². The number of nitriles is 1. The number of hydrogen-bond donors (Lipinski definition) is 2. The van der Waals surface area contributed by atoms with Gasteiger partial charge in [-0.15, -0.1) is 0 Å². The number of sulfonamides is 1. The van der Waals surface area contributed by atoms with Gasteiger partial charge >= 0.3 is 0 Å². The molecule has 1 saturated heterocycles. The lowest BCUT2D eigenvalue weighted by atomic mass is 10.2. The van der Waals surface area contributed by atoms with Gasteiger partial charge in [0.15, 0.2) is 0 Å². The zero-order valence-corrected chi connectivity index (χ0v) is 11.2. The highest BCUT2D eigenvalue weighted by atomic mass is 32.2. The van der Waals surface area contributed by atoms with E-state index < -0.39 is 10.0 Å². The Morgan fingerprint density at radius 2 is 1.89 bits per heavy atom. The molecule has 100 valence electrons. The van der Waals surface area contributed by atoms with E-state index in [-0.39, 0.29) is 10.9 Å². The lowest BCUT2D eigenvalue weighted by molar-refractivity contribution is 0.565. The average molecular weight is 277 g/mol. The second-order valence-electron chi connectivity index (χ2n) is 5.11. The van der Waals surface area contributed by atoms with Crippen LogP contribution in [0.15, 0.2) is 29.2 Å². The normalized spacial score (nSPS) is 28.7. The Balaban J connectivity index is 1.71. The highest BCUT2D eigenvalue weighted by molar-refractivity contribution is 7.89. The van der Waals surface area contributed by atoms with Crippen molar-refractivity contribution in [3.05, 3.63) is 29.8 Å². The van der Waals surface area contributed by atoms with Crippen molar-refractivity contribution in [3.8, 4) is 6.07 Å². The second-order valence-corrected chi connectivity index (χ2v) is 6.83. The van der Waals surface area contributed by atoms with Crippen LogP contribution in [0, 0.1) is 23.2 Å². The monoisotopic (exact) mass is 277 g/mol. The summed E-state index contributed by atoms with van der Waals surface area (Å²) in [6, 6.07) is 8.62. The zero-order valence-electron chi connectivity index (χ0n) is 10.3. The first kappa shape index (κ1) is 12.6. The van der Waals surface area contributed by atoms with Crippen molar-refractivity contribution in [2.45, 2.75) is 17.4 Å². The van der Waals surface area contributed by atoms with Crippen LogP contribution in [0.5, 0.6) is 0 Å². The van der Waals surface area contributed by atoms with Gasteiger partial charge in [-0.25, -0.2) is 13.1 Å². The highest BCUT2D eigenvalue weighted by Gasteiger charge is 2.54. The Bertz CT molecular complexity index is 608. The topological polar surface area (TPSA) is 82.0 Å². The molecule has 5 nitrogen and oxygen atoms in total. The average Bonchev–Trinajstić information content (AvgIpc) is 2.84. The summed E-state index contributed by atoms with van der Waals surface area (Å²) in [5.74, 6) is 0.903. The van der Waals surface area contributed by atoms with E-state index >= 15 is 0 Å². The molecule has 2 N–H and O–H groups in total. The third-order valence-electron chi connectivity index (χ3n) is 3.90. The molecule has 1 aromatic carbocycles. The molecule has 6 heteroatoms. The van der Waals surface area contributed by atoms with Crippen LogP contribution in [0.2, 0.25) is 0 Å². The maximum Gasteiger partial charge on any atom is 0.240 e. The van der Waals surface area contributed by atoms with E-state index in [2.05, 4.69) is 10.0 Å². The van der Waals surface area contributed by atoms with Crippen molar-refractivity contribution in [2.75, 3.05) is 13.1 Å². The molecule has 0 spiro atoms. The van der Waals surface area contributed by atoms with Crippen LogP contribution in [0.1, 0.15) is 5.56 Å². The predicted molar refractivity (Wildman–Crippen MR) is 69.7 cm³/mol. The van der Waals surface area contributed by atoms with Crippen LogP contribution < -0.4 is 10.0 Å². The minimum atomic E-state index is -3.43. The molecule has 1 aliphatic heterocycles. The molecule has 19 heavy (non-hydrogen) atoms. The van der Waals surface area contributed by atoms with Gasteiger partial charge in [0, 0.05) is 6.04 Å². The van der Waals surface area contributed by atoms with Crippen molar-refractivity contribution < 1.29 is 8.42 Å². The van der Waals surface area contributed by atoms with Gasteiger partial charge in [-0.2, -0.15) is 5.26 Å². The number of fused-ring (bicyclic) bond motifs is 1. The largest absolute Gasteiger partial charge is 0.316 e. The summed E-state index contributed by atoms with van der Waals surface area (Å²) < 4.78 is 27.1. The van der Waals surface area contributed by atoms with Gasteiger partial charge in [-0.05, 0) is 42.6 Å². The third kappa shape index (κ3) is 2.37. The number of nitrogens with one attached hydrogen (secondary N) is 2. The van der Waals surface area contributed by atoms with Gasteiger partial charge in [0.2, 0.25) is 10.0 Å². The quantitative estimate of drug-likeness (QED) is 0.826. The molecule has 1 heterocycles. The van der Waals surface area contributed by atoms with Gasteiger partial charge in [0.05, 0.1) is 17.4 Å². The fourth-order valence-electron chi connectivity index (χ4n) is 2.72. The maximum absolute atomic E-state index is 12.2. The molecule has 1 aromatic rings. The van der Waals surface area contributed by atoms with E-state index in [4.69, 9.17) is 5.26 Å². The summed E-state index contributed by atoms with van der Waals surface area (Å²) in [5, 5.41) is 11.8. The minimum Gasteiger partial charge on any atom is -0.316 e. The lowest BCUT2D eigenvalue weighted by Gasteiger charge is -2.09. The summed E-state index contributed by atoms with van der Waals surface area (Å²) in [5.41, 5.74) is 0.828. The fourth-order valence-corrected chi connectivity index (χ4v) is 4.06. The Morgan fingerprint density at radius 1 is 1.26 bits per heavy atom. The molecule has 0 amide bonds. The van der Waals surface area contributed by atoms with Crippen molar-refractivity contribution in [1.82, 2.24) is 10.0 Å². The summed E-state index contributed by atoms with van der Waals surface area (Å²) in [4.78, 5) is 0.270. The third-order valence-corrected chi connectivity index (χ3v) is 5.37. The van der Waals surface area contributed by atoms with Crippen LogP contribution in [0.4, 0.5) is 0 Å². The number of rotatable bonds is 4. The van der Waals surface area contributed by atoms with Crippen molar-refractivity contribution in [3.63, 3.8) is 0 Å². The molecule has 1 saturated carbocycles. The molecule has 0 bridgehead atoms. The van der Waals surface area contributed by atoms with Crippen LogP contribution in [0.25, 0.3) is 0 Å². The molecule has 2 aliphatic rings. The van der Waals surface area contributed by atoms with Gasteiger partial charge in [0.1, 0.15) is 0 Å². The summed E-state index contributed by atoms with van der Waals surface area (Å²) in [6.07, 6.45) is 0.298. The number of benzene rings is 1. The van der Waals surface area contributed by atoms with Crippen LogP contribution in [0.3, 0.4) is 0 Å². The molecular formula is C13H15N3O2S. The molecule has 2 fully saturated rings. The Labute approximate surface area is 112 Å². The van der Waals surface area contributed by atoms with E-state index in [0.717, 1.165) is 18.7 Å².